The molecule has 0 amide bonds. The minimum absolute atomic E-state index is 0.443. The lowest BCUT2D eigenvalue weighted by atomic mass is 10.1. The normalized spacial score (nSPS) is 15.9. The summed E-state index contributed by atoms with van der Waals surface area (Å²) < 4.78 is 0. The molecule has 0 saturated carbocycles. The van der Waals surface area contributed by atoms with Crippen LogP contribution in [0.4, 0.5) is 0 Å². The van der Waals surface area contributed by atoms with Crippen molar-refractivity contribution >= 4 is 15.9 Å². The van der Waals surface area contributed by atoms with E-state index in [2.05, 4.69) is 39.7 Å². The molecule has 0 fully saturated rings. The quantitative estimate of drug-likeness (QED) is 0.707. The average Bonchev–Trinajstić information content (AvgIpc) is 2.05. The van der Waals surface area contributed by atoms with Gasteiger partial charge in [-0.1, -0.05) is 29.8 Å². The molecule has 0 aliphatic rings. The summed E-state index contributed by atoms with van der Waals surface area (Å²) in [5.74, 6) is 0.443. The fraction of sp³-hybridized carbons (Fsp3) is 0.500. The fourth-order valence-corrected chi connectivity index (χ4v) is 1.08. The molecule has 0 saturated heterocycles. The monoisotopic (exact) mass is 214 g/mol. The zero-order valence-corrected chi connectivity index (χ0v) is 8.25. The Bertz CT molecular complexity index is 211. The highest BCUT2D eigenvalue weighted by Crippen LogP contribution is 2.21. The lowest BCUT2D eigenvalue weighted by Crippen LogP contribution is -2.06. The van der Waals surface area contributed by atoms with Crippen LogP contribution in [-0.2, 0) is 0 Å². The van der Waals surface area contributed by atoms with Crippen molar-refractivity contribution in [1.82, 2.24) is 9.97 Å². The van der Waals surface area contributed by atoms with Crippen LogP contribution in [0.5, 0.6) is 0 Å². The van der Waals surface area contributed by atoms with Crippen LogP contribution in [0, 0.1) is 0 Å². The van der Waals surface area contributed by atoms with E-state index in [1.54, 1.807) is 12.5 Å². The zero-order chi connectivity index (χ0) is 8.27. The van der Waals surface area contributed by atoms with E-state index < -0.39 is 0 Å². The number of rotatable bonds is 2. The van der Waals surface area contributed by atoms with Crippen LogP contribution in [0.2, 0.25) is 0 Å². The molecular formula is C8H11BrN2. The molecule has 0 spiro atoms. The van der Waals surface area contributed by atoms with Crippen LogP contribution in [0.3, 0.4) is 0 Å². The van der Waals surface area contributed by atoms with Gasteiger partial charge in [0.25, 0.3) is 0 Å². The molecule has 11 heavy (non-hydrogen) atoms. The lowest BCUT2D eigenvalue weighted by molar-refractivity contribution is 0.729. The van der Waals surface area contributed by atoms with Crippen molar-refractivity contribution in [3.8, 4) is 0 Å². The Morgan fingerprint density at radius 3 is 2.64 bits per heavy atom. The van der Waals surface area contributed by atoms with Gasteiger partial charge in [-0.2, -0.15) is 0 Å². The highest BCUT2D eigenvalue weighted by Gasteiger charge is 2.11. The first kappa shape index (κ1) is 8.65. The van der Waals surface area contributed by atoms with E-state index in [-0.39, 0.29) is 0 Å². The lowest BCUT2D eigenvalue weighted by Gasteiger charge is -2.11. The fourth-order valence-electron chi connectivity index (χ4n) is 0.806. The van der Waals surface area contributed by atoms with Crippen molar-refractivity contribution in [2.24, 2.45) is 0 Å². The van der Waals surface area contributed by atoms with Crippen molar-refractivity contribution in [3.05, 3.63) is 24.3 Å². The second-order valence-electron chi connectivity index (χ2n) is 2.60. The predicted molar refractivity (Wildman–Crippen MR) is 48.8 cm³/mol. The van der Waals surface area contributed by atoms with Gasteiger partial charge in [0.05, 0.1) is 0 Å². The molecule has 0 aromatic carbocycles. The van der Waals surface area contributed by atoms with Crippen LogP contribution in [0.1, 0.15) is 25.5 Å². The van der Waals surface area contributed by atoms with Gasteiger partial charge in [0.2, 0.25) is 0 Å². The minimum Gasteiger partial charge on any atom is -0.245 e. The first-order valence-corrected chi connectivity index (χ1v) is 4.53. The van der Waals surface area contributed by atoms with Gasteiger partial charge in [0.15, 0.2) is 0 Å². The first-order chi connectivity index (χ1) is 5.22. The van der Waals surface area contributed by atoms with Gasteiger partial charge in [-0.3, -0.25) is 0 Å². The van der Waals surface area contributed by atoms with Gasteiger partial charge in [-0.25, -0.2) is 9.97 Å². The summed E-state index contributed by atoms with van der Waals surface area (Å²) in [5.41, 5.74) is 1.09. The van der Waals surface area contributed by atoms with Crippen LogP contribution in [0.15, 0.2) is 18.6 Å². The molecule has 1 aromatic heterocycles. The van der Waals surface area contributed by atoms with E-state index in [0.29, 0.717) is 10.7 Å². The standard InChI is InChI=1S/C8H11BrN2/c1-6(7(2)9)8-3-4-10-5-11-8/h3-7H,1-2H3. The molecule has 2 unspecified atom stereocenters. The SMILES string of the molecule is CC(Br)C(C)c1ccncn1. The topological polar surface area (TPSA) is 25.8 Å². The Morgan fingerprint density at radius 1 is 1.45 bits per heavy atom. The number of nitrogens with zero attached hydrogens (tertiary/aromatic N) is 2. The third-order valence-corrected chi connectivity index (χ3v) is 2.55. The Morgan fingerprint density at radius 2 is 2.18 bits per heavy atom. The molecule has 60 valence electrons. The van der Waals surface area contributed by atoms with Gasteiger partial charge < -0.3 is 0 Å². The molecule has 2 atom stereocenters. The molecule has 1 heterocycles. The molecular weight excluding hydrogens is 204 g/mol. The van der Waals surface area contributed by atoms with Gasteiger partial charge in [-0.15, -0.1) is 0 Å². The van der Waals surface area contributed by atoms with Crippen LogP contribution >= 0.6 is 15.9 Å². The van der Waals surface area contributed by atoms with Crippen molar-refractivity contribution in [2.75, 3.05) is 0 Å². The largest absolute Gasteiger partial charge is 0.245 e. The number of alkyl halides is 1. The average molecular weight is 215 g/mol. The van der Waals surface area contributed by atoms with Crippen molar-refractivity contribution in [2.45, 2.75) is 24.6 Å². The van der Waals surface area contributed by atoms with E-state index in [9.17, 15) is 0 Å². The molecule has 0 aliphatic carbocycles. The van der Waals surface area contributed by atoms with E-state index >= 15 is 0 Å². The third-order valence-electron chi connectivity index (χ3n) is 1.76. The summed E-state index contributed by atoms with van der Waals surface area (Å²) in [7, 11) is 0. The Kier molecular flexibility index (Phi) is 3.00. The molecule has 1 aromatic rings. The summed E-state index contributed by atoms with van der Waals surface area (Å²) in [5, 5.41) is 0. The molecule has 0 bridgehead atoms. The minimum atomic E-state index is 0.443. The zero-order valence-electron chi connectivity index (χ0n) is 6.66. The maximum atomic E-state index is 4.16. The van der Waals surface area contributed by atoms with Crippen molar-refractivity contribution in [3.63, 3.8) is 0 Å². The smallest absolute Gasteiger partial charge is 0.115 e. The maximum Gasteiger partial charge on any atom is 0.115 e. The summed E-state index contributed by atoms with van der Waals surface area (Å²) in [6, 6.07) is 1.95. The third kappa shape index (κ3) is 2.26. The van der Waals surface area contributed by atoms with Crippen LogP contribution in [-0.4, -0.2) is 14.8 Å². The molecule has 2 nitrogen and oxygen atoms in total. The summed E-state index contributed by atoms with van der Waals surface area (Å²) in [6.07, 6.45) is 3.36. The van der Waals surface area contributed by atoms with Gasteiger partial charge in [-0.05, 0) is 6.07 Å². The van der Waals surface area contributed by atoms with E-state index in [1.807, 2.05) is 6.07 Å². The van der Waals surface area contributed by atoms with Crippen LogP contribution in [0.25, 0.3) is 0 Å². The van der Waals surface area contributed by atoms with Crippen molar-refractivity contribution in [1.29, 1.82) is 0 Å². The molecule has 0 aliphatic heterocycles. The second kappa shape index (κ2) is 3.81. The summed E-state index contributed by atoms with van der Waals surface area (Å²) >= 11 is 3.52. The number of halogens is 1. The summed E-state index contributed by atoms with van der Waals surface area (Å²) in [6.45, 7) is 4.26. The van der Waals surface area contributed by atoms with E-state index in [1.165, 1.54) is 0 Å². The van der Waals surface area contributed by atoms with E-state index in [4.69, 9.17) is 0 Å². The molecule has 0 N–H and O–H groups in total. The Hall–Kier alpha value is -0.440. The highest BCUT2D eigenvalue weighted by atomic mass is 79.9. The second-order valence-corrected chi connectivity index (χ2v) is 4.04. The van der Waals surface area contributed by atoms with Crippen LogP contribution < -0.4 is 0 Å². The van der Waals surface area contributed by atoms with Crippen molar-refractivity contribution < 1.29 is 0 Å². The molecule has 1 rings (SSSR count). The van der Waals surface area contributed by atoms with Gasteiger partial charge >= 0.3 is 0 Å². The number of aromatic nitrogens is 2. The van der Waals surface area contributed by atoms with E-state index in [0.717, 1.165) is 5.69 Å². The molecule has 3 heteroatoms. The Balaban J connectivity index is 2.77. The summed E-state index contributed by atoms with van der Waals surface area (Å²) in [4.78, 5) is 8.48. The Labute approximate surface area is 75.2 Å². The predicted octanol–water partition coefficient (Wildman–Crippen LogP) is 2.36. The van der Waals surface area contributed by atoms with Gasteiger partial charge in [0, 0.05) is 22.6 Å². The first-order valence-electron chi connectivity index (χ1n) is 3.62. The number of hydrogen-bond donors (Lipinski definition) is 0. The maximum absolute atomic E-state index is 4.16. The number of hydrogen-bond acceptors (Lipinski definition) is 2. The van der Waals surface area contributed by atoms with Gasteiger partial charge in [0.1, 0.15) is 6.33 Å². The highest BCUT2D eigenvalue weighted by molar-refractivity contribution is 9.09. The molecule has 0 radical (unpaired) electrons.